The number of hydrogen-bond acceptors (Lipinski definition) is 6. The number of nitrogens with zero attached hydrogens (tertiary/aromatic N) is 1. The molecule has 0 fully saturated rings. The summed E-state index contributed by atoms with van der Waals surface area (Å²) in [4.78, 5) is 37.1. The minimum atomic E-state index is -0.873. The number of hydrogen-bond donors (Lipinski definition) is 1. The number of allylic oxidation sites excluding steroid dienone is 6. The van der Waals surface area contributed by atoms with Crippen molar-refractivity contribution < 1.29 is 38.2 Å². The molecule has 2 unspecified atom stereocenters. The lowest BCUT2D eigenvalue weighted by Crippen LogP contribution is -2.50. The van der Waals surface area contributed by atoms with Crippen LogP contribution in [0.5, 0.6) is 0 Å². The second-order valence-corrected chi connectivity index (χ2v) is 18.4. The number of carbonyl (C=O) groups excluding carboxylic acids is 2. The fraction of sp³-hybridized carbons (Fsp3) is 0.830. The van der Waals surface area contributed by atoms with Crippen molar-refractivity contribution in [3.63, 3.8) is 0 Å². The maximum Gasteiger partial charge on any atom is 0.362 e. The molecule has 0 aliphatic rings. The maximum atomic E-state index is 12.8. The van der Waals surface area contributed by atoms with Crippen molar-refractivity contribution in [2.75, 3.05) is 41.0 Å². The van der Waals surface area contributed by atoms with Crippen LogP contribution in [0.15, 0.2) is 36.5 Å². The van der Waals surface area contributed by atoms with Gasteiger partial charge in [-0.1, -0.05) is 204 Å². The second-order valence-electron chi connectivity index (χ2n) is 18.4. The zero-order valence-electron chi connectivity index (χ0n) is 40.6. The largest absolute Gasteiger partial charge is 0.477 e. The van der Waals surface area contributed by atoms with Crippen molar-refractivity contribution in [1.82, 2.24) is 0 Å². The number of carbonyl (C=O) groups is 3. The summed E-state index contributed by atoms with van der Waals surface area (Å²) in [6.07, 6.45) is 51.9. The smallest absolute Gasteiger partial charge is 0.362 e. The van der Waals surface area contributed by atoms with Crippen molar-refractivity contribution >= 4 is 17.9 Å². The molecule has 0 aromatic heterocycles. The van der Waals surface area contributed by atoms with Crippen LogP contribution in [0.4, 0.5) is 0 Å². The normalized spacial score (nSPS) is 13.1. The molecule has 0 aromatic carbocycles. The summed E-state index contributed by atoms with van der Waals surface area (Å²) in [5, 5.41) is 9.65. The predicted molar refractivity (Wildman–Crippen MR) is 257 cm³/mol. The van der Waals surface area contributed by atoms with E-state index in [1.165, 1.54) is 141 Å². The van der Waals surface area contributed by atoms with E-state index in [-0.39, 0.29) is 36.2 Å². The molecular weight excluding hydrogens is 763 g/mol. The van der Waals surface area contributed by atoms with Crippen molar-refractivity contribution in [2.24, 2.45) is 0 Å². The molecule has 61 heavy (non-hydrogen) atoms. The van der Waals surface area contributed by atoms with E-state index in [9.17, 15) is 19.5 Å². The number of quaternary nitrogens is 1. The maximum absolute atomic E-state index is 12.8. The van der Waals surface area contributed by atoms with Gasteiger partial charge in [0.25, 0.3) is 0 Å². The first-order valence-electron chi connectivity index (χ1n) is 25.5. The van der Waals surface area contributed by atoms with Gasteiger partial charge in [-0.25, -0.2) is 4.79 Å². The van der Waals surface area contributed by atoms with Gasteiger partial charge in [-0.05, 0) is 44.9 Å². The molecule has 0 aromatic rings. The molecule has 1 N–H and O–H groups in total. The third kappa shape index (κ3) is 42.6. The molecule has 356 valence electrons. The highest BCUT2D eigenvalue weighted by atomic mass is 16.6. The third-order valence-electron chi connectivity index (χ3n) is 11.6. The zero-order chi connectivity index (χ0) is 44.9. The Bertz CT molecular complexity index is 1090. The minimum Gasteiger partial charge on any atom is -0.477 e. The fourth-order valence-electron chi connectivity index (χ4n) is 7.64. The lowest BCUT2D eigenvalue weighted by atomic mass is 10.0. The van der Waals surface area contributed by atoms with Gasteiger partial charge in [-0.2, -0.15) is 0 Å². The van der Waals surface area contributed by atoms with Gasteiger partial charge in [-0.3, -0.25) is 9.59 Å². The minimum absolute atomic E-state index is 0.0504. The van der Waals surface area contributed by atoms with Gasteiger partial charge in [0.2, 0.25) is 0 Å². The van der Waals surface area contributed by atoms with E-state index in [2.05, 4.69) is 50.3 Å². The van der Waals surface area contributed by atoms with E-state index in [1.807, 2.05) is 21.1 Å². The van der Waals surface area contributed by atoms with Gasteiger partial charge in [0.05, 0.1) is 34.4 Å². The molecule has 2 atom stereocenters. The summed E-state index contributed by atoms with van der Waals surface area (Å²) in [5.41, 5.74) is 0. The third-order valence-corrected chi connectivity index (χ3v) is 11.6. The number of ether oxygens (including phenoxy) is 3. The quantitative estimate of drug-likeness (QED) is 0.0282. The molecule has 0 heterocycles. The summed E-state index contributed by atoms with van der Waals surface area (Å²) >= 11 is 0. The highest BCUT2D eigenvalue weighted by Crippen LogP contribution is 2.16. The molecule has 0 aliphatic heterocycles. The summed E-state index contributed by atoms with van der Waals surface area (Å²) in [5.74, 6) is -1.46. The monoisotopic (exact) mass is 861 g/mol. The first-order valence-corrected chi connectivity index (χ1v) is 25.5. The fourth-order valence-corrected chi connectivity index (χ4v) is 7.64. The van der Waals surface area contributed by atoms with Gasteiger partial charge in [0, 0.05) is 19.3 Å². The van der Waals surface area contributed by atoms with Crippen LogP contribution in [-0.4, -0.2) is 80.6 Å². The van der Waals surface area contributed by atoms with E-state index in [1.54, 1.807) is 0 Å². The topological polar surface area (TPSA) is 99.1 Å². The van der Waals surface area contributed by atoms with Gasteiger partial charge in [0.1, 0.15) is 6.61 Å². The van der Waals surface area contributed by atoms with E-state index < -0.39 is 18.1 Å². The molecule has 0 amide bonds. The van der Waals surface area contributed by atoms with Crippen LogP contribution in [0, 0.1) is 0 Å². The Balaban J connectivity index is 4.23. The van der Waals surface area contributed by atoms with Gasteiger partial charge < -0.3 is 23.8 Å². The number of likely N-dealkylation sites (N-methyl/N-ethyl adjacent to an activating group) is 1. The summed E-state index contributed by atoms with van der Waals surface area (Å²) in [7, 11) is 5.54. The Morgan fingerprint density at radius 3 is 1.36 bits per heavy atom. The average Bonchev–Trinajstić information content (AvgIpc) is 3.22. The SMILES string of the molecule is CC/C=C/C/C=C/C/C=C/CCCCCCCCCCCC(=O)OCC(COCCC(C(=O)O)[N+](C)(C)C)OC(=O)CCCCCCCCCCCCCCCCCCCC. The number of carboxylic acids is 1. The number of esters is 2. The summed E-state index contributed by atoms with van der Waals surface area (Å²) in [6.45, 7) is 4.66. The van der Waals surface area contributed by atoms with Crippen LogP contribution in [0.3, 0.4) is 0 Å². The summed E-state index contributed by atoms with van der Waals surface area (Å²) in [6, 6.07) is -0.614. The van der Waals surface area contributed by atoms with Crippen molar-refractivity contribution in [1.29, 1.82) is 0 Å². The Morgan fingerprint density at radius 1 is 0.508 bits per heavy atom. The van der Waals surface area contributed by atoms with Crippen LogP contribution in [-0.2, 0) is 28.6 Å². The molecule has 0 radical (unpaired) electrons. The van der Waals surface area contributed by atoms with Crippen molar-refractivity contribution in [2.45, 2.75) is 244 Å². The molecule has 0 spiro atoms. The van der Waals surface area contributed by atoms with Gasteiger partial charge in [-0.15, -0.1) is 0 Å². The van der Waals surface area contributed by atoms with Crippen molar-refractivity contribution in [3.05, 3.63) is 36.5 Å². The molecule has 0 aliphatic carbocycles. The first kappa shape index (κ1) is 58.6. The molecule has 0 saturated heterocycles. The number of rotatable bonds is 46. The van der Waals surface area contributed by atoms with E-state index >= 15 is 0 Å². The average molecular weight is 861 g/mol. The Kier molecular flexibility index (Phi) is 42.4. The molecule has 8 heteroatoms. The lowest BCUT2D eigenvalue weighted by Gasteiger charge is -2.31. The molecular formula is C53H98NO7+. The van der Waals surface area contributed by atoms with Gasteiger partial charge in [0.15, 0.2) is 12.1 Å². The molecule has 0 bridgehead atoms. The highest BCUT2D eigenvalue weighted by molar-refractivity contribution is 5.72. The van der Waals surface area contributed by atoms with Crippen LogP contribution >= 0.6 is 0 Å². The van der Waals surface area contributed by atoms with Crippen LogP contribution in [0.1, 0.15) is 232 Å². The van der Waals surface area contributed by atoms with Crippen molar-refractivity contribution in [3.8, 4) is 0 Å². The molecule has 8 nitrogen and oxygen atoms in total. The van der Waals surface area contributed by atoms with E-state index in [0.29, 0.717) is 19.3 Å². The zero-order valence-corrected chi connectivity index (χ0v) is 40.6. The standard InChI is InChI=1S/C53H97NO7/c1-6-8-10-12-14-16-18-20-22-24-26-28-29-31-33-35-37-39-41-43-51(55)60-48-49(47-59-46-45-50(53(57)58)54(3,4)5)61-52(56)44-42-40-38-36-34-32-30-27-25-23-21-19-17-15-13-11-9-7-2/h8,10,14,16,20,22,49-50H,6-7,9,11-13,15,17-19,21,23-48H2,1-5H3/p+1/b10-8+,16-14+,22-20+. The van der Waals surface area contributed by atoms with Crippen LogP contribution in [0.2, 0.25) is 0 Å². The highest BCUT2D eigenvalue weighted by Gasteiger charge is 2.31. The van der Waals surface area contributed by atoms with E-state index in [0.717, 1.165) is 57.8 Å². The first-order chi connectivity index (χ1) is 29.6. The van der Waals surface area contributed by atoms with Crippen LogP contribution in [0.25, 0.3) is 0 Å². The lowest BCUT2D eigenvalue weighted by molar-refractivity contribution is -0.887. The second kappa shape index (κ2) is 44.2. The Hall–Kier alpha value is -2.45. The van der Waals surface area contributed by atoms with E-state index in [4.69, 9.17) is 14.2 Å². The summed E-state index contributed by atoms with van der Waals surface area (Å²) < 4.78 is 17.4. The Labute approximate surface area is 376 Å². The number of carboxylic acid groups (broad SMARTS) is 1. The predicted octanol–water partition coefficient (Wildman–Crippen LogP) is 14.6. The number of aliphatic carboxylic acids is 1. The molecule has 0 rings (SSSR count). The Morgan fingerprint density at radius 2 is 0.918 bits per heavy atom. The van der Waals surface area contributed by atoms with Crippen LogP contribution < -0.4 is 0 Å². The molecule has 0 saturated carbocycles. The number of unbranched alkanes of at least 4 members (excludes halogenated alkanes) is 26. The van der Waals surface area contributed by atoms with Gasteiger partial charge >= 0.3 is 17.9 Å².